The van der Waals surface area contributed by atoms with Crippen molar-refractivity contribution in [1.82, 2.24) is 4.98 Å². The van der Waals surface area contributed by atoms with Crippen molar-refractivity contribution in [3.63, 3.8) is 0 Å². The van der Waals surface area contributed by atoms with Crippen LogP contribution >= 0.6 is 0 Å². The molecule has 0 unspecified atom stereocenters. The highest BCUT2D eigenvalue weighted by Crippen LogP contribution is 2.08. The normalized spacial score (nSPS) is 10.3. The van der Waals surface area contributed by atoms with Crippen LogP contribution in [0.15, 0.2) is 4.42 Å². The number of rotatable bonds is 2. The van der Waals surface area contributed by atoms with Gasteiger partial charge >= 0.3 is 0 Å². The maximum Gasteiger partial charge on any atom is 0.191 e. The molecule has 0 aliphatic carbocycles. The second-order valence-electron chi connectivity index (χ2n) is 1.96. The summed E-state index contributed by atoms with van der Waals surface area (Å²) in [6, 6.07) is 0. The SMILES string of the molecule is Cc1nc(CO)c(CN)o1. The van der Waals surface area contributed by atoms with Gasteiger partial charge in [-0.3, -0.25) is 0 Å². The topological polar surface area (TPSA) is 72.3 Å². The second-order valence-corrected chi connectivity index (χ2v) is 1.96. The molecular formula is C6H10N2O2. The van der Waals surface area contributed by atoms with Crippen molar-refractivity contribution in [1.29, 1.82) is 0 Å². The minimum Gasteiger partial charge on any atom is -0.444 e. The first-order valence-electron chi connectivity index (χ1n) is 3.04. The number of aryl methyl sites for hydroxylation is 1. The molecule has 0 radical (unpaired) electrons. The third-order valence-corrected chi connectivity index (χ3v) is 1.22. The van der Waals surface area contributed by atoms with Gasteiger partial charge in [-0.1, -0.05) is 0 Å². The number of aliphatic hydroxyl groups is 1. The molecule has 1 rings (SSSR count). The fraction of sp³-hybridized carbons (Fsp3) is 0.500. The molecule has 0 atom stereocenters. The van der Waals surface area contributed by atoms with Crippen LogP contribution in [0.25, 0.3) is 0 Å². The third kappa shape index (κ3) is 1.17. The van der Waals surface area contributed by atoms with Crippen LogP contribution in [0.5, 0.6) is 0 Å². The van der Waals surface area contributed by atoms with E-state index < -0.39 is 0 Å². The molecule has 0 saturated carbocycles. The maximum atomic E-state index is 8.68. The smallest absolute Gasteiger partial charge is 0.191 e. The fourth-order valence-electron chi connectivity index (χ4n) is 0.795. The van der Waals surface area contributed by atoms with Crippen LogP contribution in [-0.4, -0.2) is 10.1 Å². The molecule has 0 saturated heterocycles. The van der Waals surface area contributed by atoms with Crippen LogP contribution in [0.1, 0.15) is 17.3 Å². The lowest BCUT2D eigenvalue weighted by molar-refractivity contribution is 0.274. The molecule has 0 aromatic carbocycles. The Labute approximate surface area is 58.7 Å². The van der Waals surface area contributed by atoms with E-state index in [-0.39, 0.29) is 13.2 Å². The van der Waals surface area contributed by atoms with E-state index in [4.69, 9.17) is 15.3 Å². The largest absolute Gasteiger partial charge is 0.444 e. The highest BCUT2D eigenvalue weighted by molar-refractivity contribution is 5.07. The average molecular weight is 142 g/mol. The predicted octanol–water partition coefficient (Wildman–Crippen LogP) is -0.0660. The summed E-state index contributed by atoms with van der Waals surface area (Å²) in [6.45, 7) is 1.90. The Hall–Kier alpha value is -0.870. The van der Waals surface area contributed by atoms with Gasteiger partial charge < -0.3 is 15.3 Å². The van der Waals surface area contributed by atoms with Crippen LogP contribution in [0, 0.1) is 6.92 Å². The average Bonchev–Trinajstić information content (AvgIpc) is 2.30. The number of oxazole rings is 1. The van der Waals surface area contributed by atoms with E-state index in [1.165, 1.54) is 0 Å². The maximum absolute atomic E-state index is 8.68. The number of hydrogen-bond acceptors (Lipinski definition) is 4. The van der Waals surface area contributed by atoms with Gasteiger partial charge in [-0.2, -0.15) is 0 Å². The third-order valence-electron chi connectivity index (χ3n) is 1.22. The van der Waals surface area contributed by atoms with Crippen LogP contribution in [-0.2, 0) is 13.2 Å². The minimum absolute atomic E-state index is 0.107. The molecule has 56 valence electrons. The van der Waals surface area contributed by atoms with E-state index in [9.17, 15) is 0 Å². The standard InChI is InChI=1S/C6H10N2O2/c1-4-8-5(3-9)6(2-7)10-4/h9H,2-3,7H2,1H3. The summed E-state index contributed by atoms with van der Waals surface area (Å²) >= 11 is 0. The Morgan fingerprint density at radius 3 is 2.80 bits per heavy atom. The van der Waals surface area contributed by atoms with Crippen molar-refractivity contribution >= 4 is 0 Å². The van der Waals surface area contributed by atoms with Gasteiger partial charge in [-0.05, 0) is 0 Å². The van der Waals surface area contributed by atoms with Crippen molar-refractivity contribution < 1.29 is 9.52 Å². The Bertz CT molecular complexity index is 198. The molecule has 1 aromatic heterocycles. The zero-order valence-corrected chi connectivity index (χ0v) is 5.79. The highest BCUT2D eigenvalue weighted by atomic mass is 16.4. The molecule has 4 nitrogen and oxygen atoms in total. The molecule has 10 heavy (non-hydrogen) atoms. The second kappa shape index (κ2) is 2.81. The molecule has 1 aromatic rings. The quantitative estimate of drug-likeness (QED) is 0.606. The van der Waals surface area contributed by atoms with E-state index in [0.29, 0.717) is 17.3 Å². The molecule has 4 heteroatoms. The first-order chi connectivity index (χ1) is 4.77. The van der Waals surface area contributed by atoms with Crippen LogP contribution in [0.4, 0.5) is 0 Å². The van der Waals surface area contributed by atoms with E-state index >= 15 is 0 Å². The number of nitrogens with zero attached hydrogens (tertiary/aromatic N) is 1. The molecule has 0 aliphatic heterocycles. The van der Waals surface area contributed by atoms with Crippen molar-refractivity contribution in [2.75, 3.05) is 0 Å². The summed E-state index contributed by atoms with van der Waals surface area (Å²) in [5, 5.41) is 8.68. The fourth-order valence-corrected chi connectivity index (χ4v) is 0.795. The zero-order valence-electron chi connectivity index (χ0n) is 5.79. The molecule has 0 amide bonds. The van der Waals surface area contributed by atoms with Gasteiger partial charge in [0.25, 0.3) is 0 Å². The van der Waals surface area contributed by atoms with Gasteiger partial charge in [0.2, 0.25) is 0 Å². The lowest BCUT2D eigenvalue weighted by Gasteiger charge is -1.89. The van der Waals surface area contributed by atoms with Gasteiger partial charge in [0, 0.05) is 6.92 Å². The number of hydrogen-bond donors (Lipinski definition) is 2. The lowest BCUT2D eigenvalue weighted by Crippen LogP contribution is -1.98. The molecule has 0 fully saturated rings. The van der Waals surface area contributed by atoms with Crippen molar-refractivity contribution in [3.8, 4) is 0 Å². The zero-order chi connectivity index (χ0) is 7.56. The Morgan fingerprint density at radius 2 is 2.40 bits per heavy atom. The van der Waals surface area contributed by atoms with Gasteiger partial charge in [0.15, 0.2) is 5.89 Å². The lowest BCUT2D eigenvalue weighted by atomic mass is 10.3. The summed E-state index contributed by atoms with van der Waals surface area (Å²) in [6.07, 6.45) is 0. The molecular weight excluding hydrogens is 132 g/mol. The molecule has 1 heterocycles. The van der Waals surface area contributed by atoms with Gasteiger partial charge in [-0.25, -0.2) is 4.98 Å². The van der Waals surface area contributed by atoms with Crippen LogP contribution in [0.3, 0.4) is 0 Å². The van der Waals surface area contributed by atoms with Crippen LogP contribution < -0.4 is 5.73 Å². The summed E-state index contributed by atoms with van der Waals surface area (Å²) in [4.78, 5) is 3.90. The van der Waals surface area contributed by atoms with Gasteiger partial charge in [0.05, 0.1) is 13.2 Å². The van der Waals surface area contributed by atoms with Crippen molar-refractivity contribution in [2.24, 2.45) is 5.73 Å². The highest BCUT2D eigenvalue weighted by Gasteiger charge is 2.06. The number of aromatic nitrogens is 1. The first kappa shape index (κ1) is 7.24. The van der Waals surface area contributed by atoms with E-state index in [1.807, 2.05) is 0 Å². The molecule has 0 spiro atoms. The summed E-state index contributed by atoms with van der Waals surface area (Å²) in [7, 11) is 0. The van der Waals surface area contributed by atoms with Crippen LogP contribution in [0.2, 0.25) is 0 Å². The molecule has 0 bridgehead atoms. The van der Waals surface area contributed by atoms with Crippen molar-refractivity contribution in [3.05, 3.63) is 17.3 Å². The summed E-state index contributed by atoms with van der Waals surface area (Å²) < 4.78 is 5.06. The van der Waals surface area contributed by atoms with Crippen molar-refractivity contribution in [2.45, 2.75) is 20.1 Å². The number of aliphatic hydroxyl groups excluding tert-OH is 1. The number of nitrogens with two attached hydrogens (primary N) is 1. The first-order valence-corrected chi connectivity index (χ1v) is 3.04. The van der Waals surface area contributed by atoms with E-state index in [1.54, 1.807) is 6.92 Å². The van der Waals surface area contributed by atoms with E-state index in [0.717, 1.165) is 0 Å². The predicted molar refractivity (Wildman–Crippen MR) is 35.1 cm³/mol. The monoisotopic (exact) mass is 142 g/mol. The Morgan fingerprint density at radius 1 is 1.70 bits per heavy atom. The van der Waals surface area contributed by atoms with Gasteiger partial charge in [-0.15, -0.1) is 0 Å². The minimum atomic E-state index is -0.107. The molecule has 0 aliphatic rings. The van der Waals surface area contributed by atoms with Gasteiger partial charge in [0.1, 0.15) is 11.5 Å². The summed E-state index contributed by atoms with van der Waals surface area (Å²) in [5.41, 5.74) is 5.84. The Kier molecular flexibility index (Phi) is 2.03. The molecule has 3 N–H and O–H groups in total. The van der Waals surface area contributed by atoms with E-state index in [2.05, 4.69) is 4.98 Å². The summed E-state index contributed by atoms with van der Waals surface area (Å²) in [5.74, 6) is 1.12. The Balaban J connectivity index is 2.96.